The van der Waals surface area contributed by atoms with Crippen molar-refractivity contribution in [2.75, 3.05) is 0 Å². The molecule has 6 nitrogen and oxygen atoms in total. The van der Waals surface area contributed by atoms with E-state index in [2.05, 4.69) is 21.0 Å². The van der Waals surface area contributed by atoms with Gasteiger partial charge in [-0.05, 0) is 55.5 Å². The minimum absolute atomic E-state index is 0.131. The highest BCUT2D eigenvalue weighted by Crippen LogP contribution is 2.20. The minimum atomic E-state index is -0.131. The van der Waals surface area contributed by atoms with Gasteiger partial charge in [0, 0.05) is 4.47 Å². The molecule has 0 spiro atoms. The largest absolute Gasteiger partial charge is 0.467 e. The van der Waals surface area contributed by atoms with E-state index in [0.29, 0.717) is 30.2 Å². The van der Waals surface area contributed by atoms with Gasteiger partial charge in [0.25, 0.3) is 5.91 Å². The molecular weight excluding hydrogens is 422 g/mol. The van der Waals surface area contributed by atoms with Crippen LogP contribution >= 0.6 is 15.9 Å². The number of halogens is 1. The molecule has 1 amide bonds. The van der Waals surface area contributed by atoms with Crippen molar-refractivity contribution in [3.63, 3.8) is 0 Å². The van der Waals surface area contributed by atoms with Crippen LogP contribution in [0.2, 0.25) is 0 Å². The van der Waals surface area contributed by atoms with Crippen LogP contribution in [-0.2, 0) is 13.1 Å². The van der Waals surface area contributed by atoms with E-state index in [1.807, 2.05) is 55.5 Å². The van der Waals surface area contributed by atoms with Gasteiger partial charge in [-0.2, -0.15) is 5.10 Å². The third-order valence-corrected chi connectivity index (χ3v) is 4.98. The lowest BCUT2D eigenvalue weighted by atomic mass is 10.2. The Morgan fingerprint density at radius 1 is 1.04 bits per heavy atom. The molecule has 4 aromatic rings. The van der Waals surface area contributed by atoms with Crippen molar-refractivity contribution >= 4 is 21.8 Å². The standard InChI is InChI=1S/C21H18BrN3O3/c1-15-20(12-23-25(15)17-8-6-16(22)7-9-17)21(26)24(13-18-4-2-10-27-18)14-19-5-3-11-28-19/h2-12H,13-14H2,1H3. The van der Waals surface area contributed by atoms with Gasteiger partial charge in [0.1, 0.15) is 11.5 Å². The number of amides is 1. The maximum absolute atomic E-state index is 13.3. The zero-order valence-electron chi connectivity index (χ0n) is 15.2. The number of hydrogen-bond donors (Lipinski definition) is 0. The minimum Gasteiger partial charge on any atom is -0.467 e. The second-order valence-electron chi connectivity index (χ2n) is 6.35. The monoisotopic (exact) mass is 439 g/mol. The first kappa shape index (κ1) is 18.3. The summed E-state index contributed by atoms with van der Waals surface area (Å²) >= 11 is 3.43. The molecule has 0 fully saturated rings. The van der Waals surface area contributed by atoms with Gasteiger partial charge in [-0.3, -0.25) is 4.79 Å². The number of benzene rings is 1. The van der Waals surface area contributed by atoms with Gasteiger partial charge in [0.05, 0.1) is 48.8 Å². The predicted octanol–water partition coefficient (Wildman–Crippen LogP) is 4.97. The zero-order valence-corrected chi connectivity index (χ0v) is 16.8. The highest BCUT2D eigenvalue weighted by molar-refractivity contribution is 9.10. The van der Waals surface area contributed by atoms with E-state index in [-0.39, 0.29) is 5.91 Å². The fourth-order valence-corrected chi connectivity index (χ4v) is 3.28. The number of rotatable bonds is 6. The average molecular weight is 440 g/mol. The third-order valence-electron chi connectivity index (χ3n) is 4.45. The Kier molecular flexibility index (Phi) is 5.16. The lowest BCUT2D eigenvalue weighted by Crippen LogP contribution is -2.30. The van der Waals surface area contributed by atoms with E-state index in [4.69, 9.17) is 8.83 Å². The lowest BCUT2D eigenvalue weighted by Gasteiger charge is -2.20. The summed E-state index contributed by atoms with van der Waals surface area (Å²) in [7, 11) is 0. The molecule has 0 aliphatic carbocycles. The zero-order chi connectivity index (χ0) is 19.5. The highest BCUT2D eigenvalue weighted by Gasteiger charge is 2.23. The molecular formula is C21H18BrN3O3. The molecule has 3 aromatic heterocycles. The molecule has 0 N–H and O–H groups in total. The summed E-state index contributed by atoms with van der Waals surface area (Å²) in [6, 6.07) is 15.1. The molecule has 28 heavy (non-hydrogen) atoms. The molecule has 1 aromatic carbocycles. The average Bonchev–Trinajstić information content (AvgIpc) is 3.44. The number of hydrogen-bond acceptors (Lipinski definition) is 4. The first-order chi connectivity index (χ1) is 13.6. The van der Waals surface area contributed by atoms with Crippen molar-refractivity contribution in [3.8, 4) is 5.69 Å². The van der Waals surface area contributed by atoms with Gasteiger partial charge in [0.2, 0.25) is 0 Å². The van der Waals surface area contributed by atoms with Gasteiger partial charge in [-0.15, -0.1) is 0 Å². The van der Waals surface area contributed by atoms with E-state index in [0.717, 1.165) is 15.9 Å². The molecule has 0 bridgehead atoms. The summed E-state index contributed by atoms with van der Waals surface area (Å²) in [5.74, 6) is 1.28. The van der Waals surface area contributed by atoms with Crippen molar-refractivity contribution in [1.82, 2.24) is 14.7 Å². The summed E-state index contributed by atoms with van der Waals surface area (Å²) in [4.78, 5) is 15.0. The molecule has 4 rings (SSSR count). The van der Waals surface area contributed by atoms with Crippen LogP contribution in [0.5, 0.6) is 0 Å². The van der Waals surface area contributed by atoms with Crippen LogP contribution in [0.1, 0.15) is 27.6 Å². The summed E-state index contributed by atoms with van der Waals surface area (Å²) < 4.78 is 13.6. The van der Waals surface area contributed by atoms with E-state index in [1.54, 1.807) is 28.3 Å². The summed E-state index contributed by atoms with van der Waals surface area (Å²) in [6.07, 6.45) is 4.81. The number of nitrogens with zero attached hydrogens (tertiary/aromatic N) is 3. The molecule has 0 saturated heterocycles. The smallest absolute Gasteiger partial charge is 0.258 e. The fraction of sp³-hybridized carbons (Fsp3) is 0.143. The van der Waals surface area contributed by atoms with E-state index in [1.165, 1.54) is 0 Å². The van der Waals surface area contributed by atoms with Gasteiger partial charge in [-0.25, -0.2) is 4.68 Å². The lowest BCUT2D eigenvalue weighted by molar-refractivity contribution is 0.0704. The molecule has 0 saturated carbocycles. The Morgan fingerprint density at radius 2 is 1.64 bits per heavy atom. The van der Waals surface area contributed by atoms with Gasteiger partial charge in [0.15, 0.2) is 0 Å². The number of aromatic nitrogens is 2. The van der Waals surface area contributed by atoms with Gasteiger partial charge >= 0.3 is 0 Å². The fourth-order valence-electron chi connectivity index (χ4n) is 3.01. The Hall–Kier alpha value is -3.06. The molecule has 0 unspecified atom stereocenters. The Bertz CT molecular complexity index is 1010. The van der Waals surface area contributed by atoms with Crippen LogP contribution in [0.15, 0.2) is 80.6 Å². The van der Waals surface area contributed by atoms with E-state index in [9.17, 15) is 4.79 Å². The maximum Gasteiger partial charge on any atom is 0.258 e. The molecule has 0 aliphatic heterocycles. The first-order valence-corrected chi connectivity index (χ1v) is 9.56. The van der Waals surface area contributed by atoms with Crippen LogP contribution in [0.3, 0.4) is 0 Å². The second-order valence-corrected chi connectivity index (χ2v) is 7.27. The summed E-state index contributed by atoms with van der Waals surface area (Å²) in [5, 5.41) is 4.42. The van der Waals surface area contributed by atoms with Crippen LogP contribution in [0.25, 0.3) is 5.69 Å². The van der Waals surface area contributed by atoms with Crippen LogP contribution < -0.4 is 0 Å². The van der Waals surface area contributed by atoms with Crippen molar-refractivity contribution < 1.29 is 13.6 Å². The third kappa shape index (κ3) is 3.80. The SMILES string of the molecule is Cc1c(C(=O)N(Cc2ccco2)Cc2ccco2)cnn1-c1ccc(Br)cc1. The van der Waals surface area contributed by atoms with Crippen molar-refractivity contribution in [2.24, 2.45) is 0 Å². The van der Waals surface area contributed by atoms with Crippen molar-refractivity contribution in [1.29, 1.82) is 0 Å². The molecule has 0 atom stereocenters. The van der Waals surface area contributed by atoms with Crippen molar-refractivity contribution in [3.05, 3.63) is 94.5 Å². The first-order valence-electron chi connectivity index (χ1n) is 8.76. The van der Waals surface area contributed by atoms with Crippen LogP contribution in [0.4, 0.5) is 0 Å². The van der Waals surface area contributed by atoms with Gasteiger partial charge < -0.3 is 13.7 Å². The molecule has 142 valence electrons. The summed E-state index contributed by atoms with van der Waals surface area (Å²) in [6.45, 7) is 2.57. The van der Waals surface area contributed by atoms with E-state index < -0.39 is 0 Å². The Balaban J connectivity index is 1.63. The van der Waals surface area contributed by atoms with Crippen LogP contribution in [-0.4, -0.2) is 20.6 Å². The highest BCUT2D eigenvalue weighted by atomic mass is 79.9. The Morgan fingerprint density at radius 3 is 2.18 bits per heavy atom. The number of carbonyl (C=O) groups is 1. The normalized spacial score (nSPS) is 10.9. The number of furan rings is 2. The van der Waals surface area contributed by atoms with Crippen LogP contribution in [0, 0.1) is 6.92 Å². The predicted molar refractivity (Wildman–Crippen MR) is 107 cm³/mol. The quantitative estimate of drug-likeness (QED) is 0.425. The maximum atomic E-state index is 13.3. The van der Waals surface area contributed by atoms with E-state index >= 15 is 0 Å². The molecule has 0 aliphatic rings. The van der Waals surface area contributed by atoms with Gasteiger partial charge in [-0.1, -0.05) is 15.9 Å². The molecule has 0 radical (unpaired) electrons. The molecule has 7 heteroatoms. The number of carbonyl (C=O) groups excluding carboxylic acids is 1. The second kappa shape index (κ2) is 7.90. The summed E-state index contributed by atoms with van der Waals surface area (Å²) in [5.41, 5.74) is 2.21. The Labute approximate surface area is 170 Å². The van der Waals surface area contributed by atoms with Crippen molar-refractivity contribution in [2.45, 2.75) is 20.0 Å². The molecule has 3 heterocycles. The topological polar surface area (TPSA) is 64.4 Å².